The molecule has 132 valence electrons. The number of carbonyl (C=O) groups excluding carboxylic acids is 1. The number of ether oxygens (including phenoxy) is 2. The van der Waals surface area contributed by atoms with Crippen molar-refractivity contribution in [2.45, 2.75) is 31.7 Å². The Hall–Kier alpha value is -2.29. The minimum atomic E-state index is -5.02. The molecule has 1 amide bonds. The lowest BCUT2D eigenvalue weighted by Gasteiger charge is -2.32. The van der Waals surface area contributed by atoms with E-state index in [0.29, 0.717) is 5.75 Å². The number of alkyl halides is 3. The molecule has 0 aromatic heterocycles. The minimum Gasteiger partial charge on any atom is -0.497 e. The maximum absolute atomic E-state index is 13.1. The van der Waals surface area contributed by atoms with Crippen LogP contribution in [0.5, 0.6) is 11.5 Å². The Labute approximate surface area is 136 Å². The van der Waals surface area contributed by atoms with Crippen molar-refractivity contribution in [1.29, 1.82) is 0 Å². The lowest BCUT2D eigenvalue weighted by atomic mass is 10.1. The first-order valence-corrected chi connectivity index (χ1v) is 7.16. The number of hydrogen-bond acceptors (Lipinski definition) is 5. The van der Waals surface area contributed by atoms with Crippen LogP contribution in [-0.2, 0) is 4.79 Å². The molecule has 1 aromatic carbocycles. The van der Waals surface area contributed by atoms with E-state index in [1.54, 1.807) is 19.1 Å². The summed E-state index contributed by atoms with van der Waals surface area (Å²) in [7, 11) is 1.48. The zero-order chi connectivity index (χ0) is 18.0. The molecule has 2 rings (SSSR count). The Bertz CT molecular complexity index is 631. The Morgan fingerprint density at radius 3 is 2.42 bits per heavy atom. The van der Waals surface area contributed by atoms with Crippen LogP contribution in [0.1, 0.15) is 19.8 Å². The van der Waals surface area contributed by atoms with Gasteiger partial charge < -0.3 is 14.6 Å². The van der Waals surface area contributed by atoms with Gasteiger partial charge in [-0.05, 0) is 30.7 Å². The van der Waals surface area contributed by atoms with E-state index in [4.69, 9.17) is 9.47 Å². The summed E-state index contributed by atoms with van der Waals surface area (Å²) >= 11 is 0. The first-order chi connectivity index (χ1) is 11.2. The first kappa shape index (κ1) is 18.1. The summed E-state index contributed by atoms with van der Waals surface area (Å²) in [5, 5.41) is 13.6. The molecule has 1 N–H and O–H groups in total. The highest BCUT2D eigenvalue weighted by Gasteiger charge is 2.62. The summed E-state index contributed by atoms with van der Waals surface area (Å²) in [6.45, 7) is 0.905. The molecule has 1 aliphatic rings. The Balaban J connectivity index is 2.09. The lowest BCUT2D eigenvalue weighted by molar-refractivity contribution is -0.302. The van der Waals surface area contributed by atoms with Gasteiger partial charge in [-0.1, -0.05) is 6.92 Å². The van der Waals surface area contributed by atoms with Gasteiger partial charge >= 0.3 is 6.18 Å². The lowest BCUT2D eigenvalue weighted by Crippen LogP contribution is -2.57. The highest BCUT2D eigenvalue weighted by molar-refractivity contribution is 5.90. The van der Waals surface area contributed by atoms with Crippen molar-refractivity contribution in [3.05, 3.63) is 24.3 Å². The Morgan fingerprint density at radius 2 is 1.92 bits per heavy atom. The summed E-state index contributed by atoms with van der Waals surface area (Å²) in [5.41, 5.74) is -3.24. The normalized spacial score (nSPS) is 20.8. The highest BCUT2D eigenvalue weighted by Crippen LogP contribution is 2.40. The van der Waals surface area contributed by atoms with Gasteiger partial charge in [-0.3, -0.25) is 4.79 Å². The van der Waals surface area contributed by atoms with Crippen LogP contribution < -0.4 is 9.47 Å². The largest absolute Gasteiger partial charge is 0.497 e. The van der Waals surface area contributed by atoms with Gasteiger partial charge in [0.2, 0.25) is 0 Å². The number of halogens is 3. The third-order valence-electron chi connectivity index (χ3n) is 3.56. The van der Waals surface area contributed by atoms with Crippen molar-refractivity contribution < 1.29 is 32.5 Å². The van der Waals surface area contributed by atoms with E-state index in [-0.39, 0.29) is 22.9 Å². The molecule has 0 bridgehead atoms. The molecule has 1 aromatic rings. The topological polar surface area (TPSA) is 71.4 Å². The average molecular weight is 346 g/mol. The molecule has 0 aliphatic carbocycles. The van der Waals surface area contributed by atoms with Crippen LogP contribution >= 0.6 is 0 Å². The Morgan fingerprint density at radius 1 is 1.33 bits per heavy atom. The van der Waals surface area contributed by atoms with Gasteiger partial charge in [0.15, 0.2) is 6.61 Å². The van der Waals surface area contributed by atoms with Crippen molar-refractivity contribution in [3.63, 3.8) is 0 Å². The first-order valence-electron chi connectivity index (χ1n) is 7.16. The number of rotatable bonds is 5. The smallest absolute Gasteiger partial charge is 0.438 e. The van der Waals surface area contributed by atoms with Gasteiger partial charge in [0.05, 0.1) is 7.11 Å². The number of aliphatic hydroxyl groups is 1. The van der Waals surface area contributed by atoms with Crippen LogP contribution in [0.4, 0.5) is 13.2 Å². The van der Waals surface area contributed by atoms with Crippen molar-refractivity contribution >= 4 is 11.6 Å². The SMILES string of the molecule is CCC1=NN(C(=O)COc2ccc(OC)cc2)[C@](O)(C(F)(F)F)C1. The van der Waals surface area contributed by atoms with Crippen molar-refractivity contribution in [1.82, 2.24) is 5.01 Å². The van der Waals surface area contributed by atoms with Crippen molar-refractivity contribution in [2.24, 2.45) is 5.10 Å². The fraction of sp³-hybridized carbons (Fsp3) is 0.467. The molecule has 1 heterocycles. The fourth-order valence-electron chi connectivity index (χ4n) is 2.18. The fourth-order valence-corrected chi connectivity index (χ4v) is 2.18. The van der Waals surface area contributed by atoms with E-state index < -0.39 is 30.8 Å². The number of benzene rings is 1. The van der Waals surface area contributed by atoms with Gasteiger partial charge in [0.1, 0.15) is 11.5 Å². The summed E-state index contributed by atoms with van der Waals surface area (Å²) in [4.78, 5) is 12.1. The van der Waals surface area contributed by atoms with Crippen LogP contribution in [0.3, 0.4) is 0 Å². The molecule has 1 atom stereocenters. The summed E-state index contributed by atoms with van der Waals surface area (Å²) in [6, 6.07) is 6.17. The van der Waals surface area contributed by atoms with Crippen LogP contribution in [0, 0.1) is 0 Å². The van der Waals surface area contributed by atoms with Crippen LogP contribution in [0.15, 0.2) is 29.4 Å². The van der Waals surface area contributed by atoms with Gasteiger partial charge in [-0.25, -0.2) is 0 Å². The molecule has 9 heteroatoms. The number of hydrogen-bond donors (Lipinski definition) is 1. The molecule has 0 radical (unpaired) electrons. The molecule has 0 unspecified atom stereocenters. The molecule has 0 saturated carbocycles. The second-order valence-electron chi connectivity index (χ2n) is 5.18. The molecule has 6 nitrogen and oxygen atoms in total. The van der Waals surface area contributed by atoms with Crippen LogP contribution in [0.25, 0.3) is 0 Å². The van der Waals surface area contributed by atoms with Crippen molar-refractivity contribution in [3.8, 4) is 11.5 Å². The summed E-state index contributed by atoms with van der Waals surface area (Å²) in [6.07, 6.45) is -5.59. The molecular formula is C15H17F3N2O4. The van der Waals surface area contributed by atoms with E-state index in [2.05, 4.69) is 5.10 Å². The zero-order valence-electron chi connectivity index (χ0n) is 13.1. The number of nitrogens with zero attached hydrogens (tertiary/aromatic N) is 2. The van der Waals surface area contributed by atoms with E-state index >= 15 is 0 Å². The van der Waals surface area contributed by atoms with Gasteiger partial charge in [0.25, 0.3) is 11.6 Å². The molecule has 0 spiro atoms. The highest BCUT2D eigenvalue weighted by atomic mass is 19.4. The zero-order valence-corrected chi connectivity index (χ0v) is 13.1. The number of hydrazone groups is 1. The second-order valence-corrected chi connectivity index (χ2v) is 5.18. The van der Waals surface area contributed by atoms with Crippen molar-refractivity contribution in [2.75, 3.05) is 13.7 Å². The predicted octanol–water partition coefficient (Wildman–Crippen LogP) is 2.32. The molecule has 0 fully saturated rings. The third-order valence-corrected chi connectivity index (χ3v) is 3.56. The second kappa shape index (κ2) is 6.68. The number of carbonyl (C=O) groups is 1. The monoisotopic (exact) mass is 346 g/mol. The van der Waals surface area contributed by atoms with Crippen LogP contribution in [-0.4, -0.2) is 47.4 Å². The summed E-state index contributed by atoms with van der Waals surface area (Å²) < 4.78 is 49.5. The average Bonchev–Trinajstić information content (AvgIpc) is 2.91. The van der Waals surface area contributed by atoms with Gasteiger partial charge in [-0.2, -0.15) is 23.3 Å². The van der Waals surface area contributed by atoms with E-state index in [1.165, 1.54) is 19.2 Å². The Kier molecular flexibility index (Phi) is 5.02. The van der Waals surface area contributed by atoms with Crippen LogP contribution in [0.2, 0.25) is 0 Å². The quantitative estimate of drug-likeness (QED) is 0.888. The summed E-state index contributed by atoms with van der Waals surface area (Å²) in [5.74, 6) is -0.246. The van der Waals surface area contributed by atoms with Gasteiger partial charge in [-0.15, -0.1) is 0 Å². The van der Waals surface area contributed by atoms with E-state index in [0.717, 1.165) is 0 Å². The maximum atomic E-state index is 13.1. The standard InChI is InChI=1S/C15H17F3N2O4/c1-3-10-8-14(22,15(16,17)18)20(19-10)13(21)9-24-12-6-4-11(23-2)5-7-12/h4-7,22H,3,8-9H2,1-2H3/t14-/m1/s1. The molecule has 0 saturated heterocycles. The maximum Gasteiger partial charge on any atom is 0.438 e. The predicted molar refractivity (Wildman–Crippen MR) is 78.7 cm³/mol. The molecule has 24 heavy (non-hydrogen) atoms. The molecular weight excluding hydrogens is 329 g/mol. The number of methoxy groups -OCH3 is 1. The van der Waals surface area contributed by atoms with Gasteiger partial charge in [0, 0.05) is 12.1 Å². The molecule has 1 aliphatic heterocycles. The minimum absolute atomic E-state index is 0.0648. The van der Waals surface area contributed by atoms with E-state index in [9.17, 15) is 23.1 Å². The third kappa shape index (κ3) is 3.45. The number of amides is 1. The van der Waals surface area contributed by atoms with E-state index in [1.807, 2.05) is 0 Å².